The Morgan fingerprint density at radius 3 is 2.55 bits per heavy atom. The van der Waals surface area contributed by atoms with Crippen molar-refractivity contribution in [2.75, 3.05) is 19.7 Å². The molecular formula is C27H40N2O4. The molecule has 1 aromatic rings. The molecular weight excluding hydrogens is 416 g/mol. The summed E-state index contributed by atoms with van der Waals surface area (Å²) in [7, 11) is 0. The normalized spacial score (nSPS) is 34.9. The van der Waals surface area contributed by atoms with Crippen molar-refractivity contribution in [3.63, 3.8) is 0 Å². The second kappa shape index (κ2) is 10.0. The zero-order chi connectivity index (χ0) is 23.6. The predicted molar refractivity (Wildman–Crippen MR) is 128 cm³/mol. The second-order valence-corrected chi connectivity index (χ2v) is 10.9. The number of ether oxygens (including phenoxy) is 1. The summed E-state index contributed by atoms with van der Waals surface area (Å²) in [5.74, 6) is 0.776. The smallest absolute Gasteiger partial charge is 0.258 e. The fourth-order valence-corrected chi connectivity index (χ4v) is 6.82. The molecule has 7 atom stereocenters. The molecule has 6 nitrogen and oxygen atoms in total. The van der Waals surface area contributed by atoms with Crippen molar-refractivity contribution in [3.8, 4) is 5.75 Å². The van der Waals surface area contributed by atoms with E-state index in [-0.39, 0.29) is 53.5 Å². The maximum atomic E-state index is 13.1. The number of aliphatic hydroxyl groups is 1. The van der Waals surface area contributed by atoms with E-state index in [0.717, 1.165) is 51.6 Å². The first-order valence-corrected chi connectivity index (χ1v) is 12.7. The third kappa shape index (κ3) is 5.06. The van der Waals surface area contributed by atoms with Gasteiger partial charge in [-0.15, -0.1) is 0 Å². The van der Waals surface area contributed by atoms with Gasteiger partial charge in [0, 0.05) is 25.0 Å². The van der Waals surface area contributed by atoms with Crippen molar-refractivity contribution < 1.29 is 19.4 Å². The van der Waals surface area contributed by atoms with Crippen molar-refractivity contribution in [2.45, 2.75) is 71.4 Å². The monoisotopic (exact) mass is 456 g/mol. The van der Waals surface area contributed by atoms with Crippen LogP contribution < -0.4 is 10.1 Å². The molecule has 1 aliphatic heterocycles. The number of amides is 2. The highest BCUT2D eigenvalue weighted by atomic mass is 16.5. The van der Waals surface area contributed by atoms with Crippen LogP contribution in [0.5, 0.6) is 5.75 Å². The molecule has 2 saturated carbocycles. The van der Waals surface area contributed by atoms with Crippen LogP contribution in [0.4, 0.5) is 0 Å². The number of benzene rings is 1. The number of likely N-dealkylation sites (tertiary alicyclic amines) is 1. The van der Waals surface area contributed by atoms with Gasteiger partial charge in [0.05, 0.1) is 6.10 Å². The SMILES string of the molecule is CC(C(=O)N1CCCC1)C1CCC2(C)CCC(NC(=O)COc3ccccc3)C(C)C2C1O. The van der Waals surface area contributed by atoms with Gasteiger partial charge in [0.1, 0.15) is 5.75 Å². The molecule has 0 bridgehead atoms. The van der Waals surface area contributed by atoms with Crippen LogP contribution in [-0.4, -0.2) is 53.7 Å². The maximum Gasteiger partial charge on any atom is 0.258 e. The van der Waals surface area contributed by atoms with E-state index in [4.69, 9.17) is 4.74 Å². The molecule has 0 aromatic heterocycles. The predicted octanol–water partition coefficient (Wildman–Crippen LogP) is 3.63. The molecule has 182 valence electrons. The zero-order valence-electron chi connectivity index (χ0n) is 20.3. The minimum atomic E-state index is -0.527. The Morgan fingerprint density at radius 2 is 1.85 bits per heavy atom. The minimum Gasteiger partial charge on any atom is -0.484 e. The number of hydrogen-bond acceptors (Lipinski definition) is 4. The fraction of sp³-hybridized carbons (Fsp3) is 0.704. The summed E-state index contributed by atoms with van der Waals surface area (Å²) in [4.78, 5) is 27.6. The van der Waals surface area contributed by atoms with E-state index in [1.165, 1.54) is 0 Å². The van der Waals surface area contributed by atoms with E-state index in [1.54, 1.807) is 0 Å². The summed E-state index contributed by atoms with van der Waals surface area (Å²) in [5, 5.41) is 14.7. The summed E-state index contributed by atoms with van der Waals surface area (Å²) >= 11 is 0. The van der Waals surface area contributed by atoms with Gasteiger partial charge in [0.15, 0.2) is 6.61 Å². The molecule has 7 unspecified atom stereocenters. The lowest BCUT2D eigenvalue weighted by Crippen LogP contribution is -2.59. The van der Waals surface area contributed by atoms with Crippen molar-refractivity contribution in [2.24, 2.45) is 29.1 Å². The first kappa shape index (κ1) is 24.1. The largest absolute Gasteiger partial charge is 0.484 e. The Bertz CT molecular complexity index is 825. The number of rotatable bonds is 6. The molecule has 3 aliphatic rings. The summed E-state index contributed by atoms with van der Waals surface area (Å²) in [6.45, 7) is 8.14. The van der Waals surface area contributed by atoms with Crippen molar-refractivity contribution >= 4 is 11.8 Å². The van der Waals surface area contributed by atoms with E-state index in [0.29, 0.717) is 5.75 Å². The summed E-state index contributed by atoms with van der Waals surface area (Å²) < 4.78 is 5.61. The zero-order valence-corrected chi connectivity index (χ0v) is 20.3. The van der Waals surface area contributed by atoms with E-state index < -0.39 is 6.10 Å². The number of para-hydroxylation sites is 1. The maximum absolute atomic E-state index is 13.1. The van der Waals surface area contributed by atoms with Crippen LogP contribution >= 0.6 is 0 Å². The third-order valence-corrected chi connectivity index (χ3v) is 8.80. The van der Waals surface area contributed by atoms with Gasteiger partial charge in [-0.25, -0.2) is 0 Å². The van der Waals surface area contributed by atoms with Crippen LogP contribution in [0.2, 0.25) is 0 Å². The molecule has 3 fully saturated rings. The van der Waals surface area contributed by atoms with Gasteiger partial charge in [-0.3, -0.25) is 9.59 Å². The summed E-state index contributed by atoms with van der Waals surface area (Å²) in [5.41, 5.74) is 0.0491. The Balaban J connectivity index is 1.39. The number of hydrogen-bond donors (Lipinski definition) is 2. The van der Waals surface area contributed by atoms with Gasteiger partial charge < -0.3 is 20.1 Å². The highest BCUT2D eigenvalue weighted by molar-refractivity contribution is 5.79. The third-order valence-electron chi connectivity index (χ3n) is 8.80. The first-order chi connectivity index (χ1) is 15.8. The van der Waals surface area contributed by atoms with Crippen molar-refractivity contribution in [1.82, 2.24) is 10.2 Å². The number of nitrogens with one attached hydrogen (secondary N) is 1. The van der Waals surface area contributed by atoms with Gasteiger partial charge >= 0.3 is 0 Å². The van der Waals surface area contributed by atoms with Crippen LogP contribution in [0.1, 0.15) is 59.3 Å². The van der Waals surface area contributed by atoms with Gasteiger partial charge in [-0.2, -0.15) is 0 Å². The van der Waals surface area contributed by atoms with Gasteiger partial charge in [-0.05, 0) is 73.8 Å². The van der Waals surface area contributed by atoms with Crippen LogP contribution in [0.15, 0.2) is 30.3 Å². The average Bonchev–Trinajstić information content (AvgIpc) is 3.35. The number of fused-ring (bicyclic) bond motifs is 1. The molecule has 2 amide bonds. The summed E-state index contributed by atoms with van der Waals surface area (Å²) in [6, 6.07) is 9.36. The quantitative estimate of drug-likeness (QED) is 0.685. The number of carbonyl (C=O) groups excluding carboxylic acids is 2. The lowest BCUT2D eigenvalue weighted by molar-refractivity contribution is -0.150. The van der Waals surface area contributed by atoms with Crippen molar-refractivity contribution in [1.29, 1.82) is 0 Å². The number of carbonyl (C=O) groups is 2. The number of nitrogens with zero attached hydrogens (tertiary/aromatic N) is 1. The Kier molecular flexibility index (Phi) is 7.32. The molecule has 1 heterocycles. The second-order valence-electron chi connectivity index (χ2n) is 10.9. The average molecular weight is 457 g/mol. The number of aliphatic hydroxyl groups excluding tert-OH is 1. The van der Waals surface area contributed by atoms with Gasteiger partial charge in [0.25, 0.3) is 5.91 Å². The highest BCUT2D eigenvalue weighted by Gasteiger charge is 2.54. The molecule has 1 aromatic carbocycles. The molecule has 2 N–H and O–H groups in total. The lowest BCUT2D eigenvalue weighted by atomic mass is 9.51. The van der Waals surface area contributed by atoms with Crippen LogP contribution in [-0.2, 0) is 9.59 Å². The molecule has 1 saturated heterocycles. The minimum absolute atomic E-state index is 0.00735. The van der Waals surface area contributed by atoms with Crippen LogP contribution in [0.3, 0.4) is 0 Å². The molecule has 33 heavy (non-hydrogen) atoms. The molecule has 6 heteroatoms. The Morgan fingerprint density at radius 1 is 1.18 bits per heavy atom. The summed E-state index contributed by atoms with van der Waals surface area (Å²) in [6.07, 6.45) is 5.44. The fourth-order valence-electron chi connectivity index (χ4n) is 6.82. The highest BCUT2D eigenvalue weighted by Crippen LogP contribution is 2.55. The standard InChI is InChI=1S/C27H40N2O4/c1-18(26(32)29-15-7-8-16-29)21-11-13-27(3)14-12-22(19(2)24(27)25(21)31)28-23(30)17-33-20-9-5-4-6-10-20/h4-6,9-10,18-19,21-22,24-25,31H,7-8,11-17H2,1-3H3,(H,28,30). The molecule has 4 rings (SSSR count). The Hall–Kier alpha value is -2.08. The lowest BCUT2D eigenvalue weighted by Gasteiger charge is -2.56. The van der Waals surface area contributed by atoms with Gasteiger partial charge in [0.2, 0.25) is 5.91 Å². The first-order valence-electron chi connectivity index (χ1n) is 12.7. The molecule has 2 aliphatic carbocycles. The topological polar surface area (TPSA) is 78.9 Å². The van der Waals surface area contributed by atoms with Crippen LogP contribution in [0.25, 0.3) is 0 Å². The Labute approximate surface area is 198 Å². The van der Waals surface area contributed by atoms with E-state index >= 15 is 0 Å². The molecule has 0 spiro atoms. The van der Waals surface area contributed by atoms with E-state index in [2.05, 4.69) is 19.2 Å². The van der Waals surface area contributed by atoms with E-state index in [1.807, 2.05) is 42.2 Å². The van der Waals surface area contributed by atoms with E-state index in [9.17, 15) is 14.7 Å². The van der Waals surface area contributed by atoms with Crippen molar-refractivity contribution in [3.05, 3.63) is 30.3 Å². The molecule has 0 radical (unpaired) electrons. The van der Waals surface area contributed by atoms with Crippen LogP contribution in [0, 0.1) is 29.1 Å². The van der Waals surface area contributed by atoms with Gasteiger partial charge in [-0.1, -0.05) is 39.0 Å².